The van der Waals surface area contributed by atoms with Gasteiger partial charge in [-0.25, -0.2) is 4.79 Å². The van der Waals surface area contributed by atoms with E-state index in [1.807, 2.05) is 37.3 Å². The maximum absolute atomic E-state index is 12.5. The van der Waals surface area contributed by atoms with Crippen LogP contribution < -0.4 is 5.32 Å². The highest BCUT2D eigenvalue weighted by Gasteiger charge is 2.41. The molecule has 21 heavy (non-hydrogen) atoms. The van der Waals surface area contributed by atoms with Crippen molar-refractivity contribution in [1.29, 1.82) is 0 Å². The average Bonchev–Trinajstić information content (AvgIpc) is 2.81. The predicted octanol–water partition coefficient (Wildman–Crippen LogP) is 3.78. The summed E-state index contributed by atoms with van der Waals surface area (Å²) in [6.07, 6.45) is 8.08. The van der Waals surface area contributed by atoms with Gasteiger partial charge in [0.25, 0.3) is 0 Å². The third-order valence-corrected chi connectivity index (χ3v) is 4.64. The number of methoxy groups -OCH3 is 1. The van der Waals surface area contributed by atoms with Gasteiger partial charge in [-0.1, -0.05) is 62.9 Å². The Balaban J connectivity index is 2.28. The molecule has 0 heterocycles. The van der Waals surface area contributed by atoms with E-state index >= 15 is 0 Å². The molecule has 1 atom stereocenters. The first-order valence-corrected chi connectivity index (χ1v) is 8.14. The van der Waals surface area contributed by atoms with E-state index in [9.17, 15) is 4.79 Å². The third-order valence-electron chi connectivity index (χ3n) is 4.64. The summed E-state index contributed by atoms with van der Waals surface area (Å²) in [5.74, 6) is -0.180. The fourth-order valence-corrected chi connectivity index (χ4v) is 3.38. The Hall–Kier alpha value is -1.35. The summed E-state index contributed by atoms with van der Waals surface area (Å²) in [6, 6.07) is 10.4. The molecule has 0 amide bonds. The molecular weight excluding hydrogens is 262 g/mol. The van der Waals surface area contributed by atoms with Gasteiger partial charge in [-0.2, -0.15) is 0 Å². The monoisotopic (exact) mass is 289 g/mol. The molecule has 2 rings (SSSR count). The van der Waals surface area contributed by atoms with Crippen LogP contribution in [0.15, 0.2) is 30.3 Å². The molecule has 1 aromatic carbocycles. The second-order valence-electron chi connectivity index (χ2n) is 5.95. The minimum Gasteiger partial charge on any atom is -0.467 e. The number of carbonyl (C=O) groups excluding carboxylic acids is 1. The number of hydrogen-bond acceptors (Lipinski definition) is 3. The zero-order valence-electron chi connectivity index (χ0n) is 13.2. The average molecular weight is 289 g/mol. The fourth-order valence-electron chi connectivity index (χ4n) is 3.38. The third kappa shape index (κ3) is 3.65. The van der Waals surface area contributed by atoms with Crippen molar-refractivity contribution in [2.75, 3.05) is 7.11 Å². The number of esters is 1. The zero-order valence-corrected chi connectivity index (χ0v) is 13.2. The van der Waals surface area contributed by atoms with Gasteiger partial charge in [-0.15, -0.1) is 0 Å². The molecule has 1 N–H and O–H groups in total. The van der Waals surface area contributed by atoms with Crippen molar-refractivity contribution in [3.05, 3.63) is 35.9 Å². The summed E-state index contributed by atoms with van der Waals surface area (Å²) < 4.78 is 5.13. The molecule has 116 valence electrons. The molecule has 1 unspecified atom stereocenters. The van der Waals surface area contributed by atoms with Crippen molar-refractivity contribution in [2.45, 2.75) is 63.5 Å². The van der Waals surface area contributed by atoms with Gasteiger partial charge < -0.3 is 4.74 Å². The summed E-state index contributed by atoms with van der Waals surface area (Å²) in [7, 11) is 1.48. The van der Waals surface area contributed by atoms with Crippen LogP contribution in [0.2, 0.25) is 0 Å². The Morgan fingerprint density at radius 3 is 2.33 bits per heavy atom. The fraction of sp³-hybridized carbons (Fsp3) is 0.611. The Morgan fingerprint density at radius 1 is 1.19 bits per heavy atom. The van der Waals surface area contributed by atoms with Crippen LogP contribution in [-0.4, -0.2) is 19.1 Å². The van der Waals surface area contributed by atoms with E-state index in [1.165, 1.54) is 32.8 Å². The quantitative estimate of drug-likeness (QED) is 0.662. The van der Waals surface area contributed by atoms with E-state index in [0.717, 1.165) is 18.4 Å². The number of rotatable bonds is 5. The highest BCUT2D eigenvalue weighted by Crippen LogP contribution is 2.30. The van der Waals surface area contributed by atoms with E-state index in [-0.39, 0.29) is 5.97 Å². The maximum atomic E-state index is 12.5. The molecule has 0 saturated heterocycles. The molecule has 3 nitrogen and oxygen atoms in total. The Labute approximate surface area is 128 Å². The largest absolute Gasteiger partial charge is 0.467 e. The van der Waals surface area contributed by atoms with E-state index in [1.54, 1.807) is 0 Å². The smallest absolute Gasteiger partial charge is 0.330 e. The topological polar surface area (TPSA) is 38.3 Å². The number of carbonyl (C=O) groups is 1. The van der Waals surface area contributed by atoms with Crippen LogP contribution >= 0.6 is 0 Å². The van der Waals surface area contributed by atoms with Crippen molar-refractivity contribution in [2.24, 2.45) is 0 Å². The predicted molar refractivity (Wildman–Crippen MR) is 85.1 cm³/mol. The first kappa shape index (κ1) is 16.0. The standard InChI is InChI=1S/C18H27NO2/c1-3-18(17(20)21-2,15-11-7-6-8-12-15)19-16-13-9-4-5-10-14-16/h6-8,11-12,16,19H,3-5,9-10,13-14H2,1-2H3. The molecule has 0 bridgehead atoms. The SMILES string of the molecule is CCC(NC1CCCCCC1)(C(=O)OC)c1ccccc1. The van der Waals surface area contributed by atoms with Gasteiger partial charge in [-0.05, 0) is 24.8 Å². The molecule has 0 radical (unpaired) electrons. The molecule has 0 aromatic heterocycles. The van der Waals surface area contributed by atoms with Gasteiger partial charge in [0, 0.05) is 6.04 Å². The molecule has 1 aliphatic carbocycles. The lowest BCUT2D eigenvalue weighted by atomic mass is 9.85. The van der Waals surface area contributed by atoms with Crippen LogP contribution in [0, 0.1) is 0 Å². The summed E-state index contributed by atoms with van der Waals surface area (Å²) in [5.41, 5.74) is 0.286. The van der Waals surface area contributed by atoms with Crippen LogP contribution in [0.1, 0.15) is 57.4 Å². The molecular formula is C18H27NO2. The first-order valence-electron chi connectivity index (χ1n) is 8.14. The van der Waals surface area contributed by atoms with Crippen LogP contribution in [0.25, 0.3) is 0 Å². The van der Waals surface area contributed by atoms with Gasteiger partial charge in [0.2, 0.25) is 0 Å². The second kappa shape index (κ2) is 7.60. The van der Waals surface area contributed by atoms with Gasteiger partial charge in [0.15, 0.2) is 0 Å². The van der Waals surface area contributed by atoms with Gasteiger partial charge in [0.1, 0.15) is 5.54 Å². The van der Waals surface area contributed by atoms with E-state index in [4.69, 9.17) is 4.74 Å². The number of hydrogen-bond donors (Lipinski definition) is 1. The van der Waals surface area contributed by atoms with Gasteiger partial charge in [0.05, 0.1) is 7.11 Å². The number of ether oxygens (including phenoxy) is 1. The van der Waals surface area contributed by atoms with E-state index in [0.29, 0.717) is 12.5 Å². The minimum absolute atomic E-state index is 0.180. The summed E-state index contributed by atoms with van der Waals surface area (Å²) in [5, 5.41) is 3.65. The van der Waals surface area contributed by atoms with E-state index < -0.39 is 5.54 Å². The maximum Gasteiger partial charge on any atom is 0.330 e. The van der Waals surface area contributed by atoms with Gasteiger partial charge in [-0.3, -0.25) is 5.32 Å². The van der Waals surface area contributed by atoms with Crippen LogP contribution in [-0.2, 0) is 15.1 Å². The minimum atomic E-state index is -0.717. The summed E-state index contributed by atoms with van der Waals surface area (Å²) in [6.45, 7) is 2.05. The van der Waals surface area contributed by atoms with Crippen molar-refractivity contribution in [1.82, 2.24) is 5.32 Å². The van der Waals surface area contributed by atoms with Crippen molar-refractivity contribution < 1.29 is 9.53 Å². The molecule has 1 saturated carbocycles. The lowest BCUT2D eigenvalue weighted by Gasteiger charge is -2.35. The normalized spacial score (nSPS) is 19.5. The lowest BCUT2D eigenvalue weighted by molar-refractivity contribution is -0.150. The van der Waals surface area contributed by atoms with Crippen molar-refractivity contribution >= 4 is 5.97 Å². The lowest BCUT2D eigenvalue weighted by Crippen LogP contribution is -2.53. The summed E-state index contributed by atoms with van der Waals surface area (Å²) in [4.78, 5) is 12.5. The Bertz CT molecular complexity index is 438. The van der Waals surface area contributed by atoms with Crippen molar-refractivity contribution in [3.63, 3.8) is 0 Å². The highest BCUT2D eigenvalue weighted by molar-refractivity contribution is 5.82. The van der Waals surface area contributed by atoms with Crippen LogP contribution in [0.5, 0.6) is 0 Å². The Kier molecular flexibility index (Phi) is 5.80. The van der Waals surface area contributed by atoms with Gasteiger partial charge >= 0.3 is 5.97 Å². The summed E-state index contributed by atoms with van der Waals surface area (Å²) >= 11 is 0. The van der Waals surface area contributed by atoms with Crippen LogP contribution in [0.4, 0.5) is 0 Å². The highest BCUT2D eigenvalue weighted by atomic mass is 16.5. The molecule has 1 aliphatic rings. The first-order chi connectivity index (χ1) is 10.2. The molecule has 1 aromatic rings. The molecule has 3 heteroatoms. The molecule has 1 fully saturated rings. The van der Waals surface area contributed by atoms with E-state index in [2.05, 4.69) is 5.32 Å². The number of nitrogens with one attached hydrogen (secondary N) is 1. The molecule has 0 aliphatic heterocycles. The zero-order chi connectivity index (χ0) is 15.1. The van der Waals surface area contributed by atoms with Crippen molar-refractivity contribution in [3.8, 4) is 0 Å². The Morgan fingerprint density at radius 2 is 1.81 bits per heavy atom. The van der Waals surface area contributed by atoms with Crippen LogP contribution in [0.3, 0.4) is 0 Å². The molecule has 0 spiro atoms. The number of benzene rings is 1. The second-order valence-corrected chi connectivity index (χ2v) is 5.95.